The minimum atomic E-state index is -0.120. The summed E-state index contributed by atoms with van der Waals surface area (Å²) < 4.78 is 5.47. The molecule has 1 heterocycles. The summed E-state index contributed by atoms with van der Waals surface area (Å²) in [6, 6.07) is 7.00. The van der Waals surface area contributed by atoms with Gasteiger partial charge in [0.15, 0.2) is 0 Å². The lowest BCUT2D eigenvalue weighted by Gasteiger charge is -2.11. The summed E-state index contributed by atoms with van der Waals surface area (Å²) in [5.74, 6) is -0.217. The van der Waals surface area contributed by atoms with E-state index < -0.39 is 0 Å². The maximum atomic E-state index is 11.8. The fourth-order valence-corrected chi connectivity index (χ4v) is 2.20. The first-order chi connectivity index (χ1) is 10.1. The molecule has 1 aliphatic heterocycles. The number of hydrogen-bond acceptors (Lipinski definition) is 4. The van der Waals surface area contributed by atoms with E-state index in [0.717, 1.165) is 19.4 Å². The molecule has 1 saturated heterocycles. The quantitative estimate of drug-likeness (QED) is 0.739. The SMILES string of the molecule is CC(=O)Nc1ccc(NC(=O)CNCC2CCCO2)cc1. The van der Waals surface area contributed by atoms with Gasteiger partial charge in [-0.2, -0.15) is 0 Å². The Kier molecular flexibility index (Phi) is 5.71. The van der Waals surface area contributed by atoms with Crippen molar-refractivity contribution in [1.29, 1.82) is 0 Å². The summed E-state index contributed by atoms with van der Waals surface area (Å²) in [6.45, 7) is 3.23. The molecule has 0 aliphatic carbocycles. The average molecular weight is 291 g/mol. The summed E-state index contributed by atoms with van der Waals surface area (Å²) in [5.41, 5.74) is 1.41. The molecule has 0 aromatic heterocycles. The first kappa shape index (κ1) is 15.5. The third-order valence-corrected chi connectivity index (χ3v) is 3.17. The Balaban J connectivity index is 1.70. The number of anilines is 2. The lowest BCUT2D eigenvalue weighted by atomic mass is 10.2. The Bertz CT molecular complexity index is 481. The zero-order valence-corrected chi connectivity index (χ0v) is 12.1. The maximum absolute atomic E-state index is 11.8. The zero-order valence-electron chi connectivity index (χ0n) is 12.1. The van der Waals surface area contributed by atoms with Crippen LogP contribution in [0.2, 0.25) is 0 Å². The van der Waals surface area contributed by atoms with Crippen molar-refractivity contribution in [2.75, 3.05) is 30.3 Å². The highest BCUT2D eigenvalue weighted by molar-refractivity contribution is 5.93. The minimum Gasteiger partial charge on any atom is -0.377 e. The highest BCUT2D eigenvalue weighted by atomic mass is 16.5. The van der Waals surface area contributed by atoms with Crippen LogP contribution in [0.1, 0.15) is 19.8 Å². The first-order valence-electron chi connectivity index (χ1n) is 7.13. The van der Waals surface area contributed by atoms with Crippen LogP contribution in [0.4, 0.5) is 11.4 Å². The molecule has 3 N–H and O–H groups in total. The Morgan fingerprint density at radius 2 is 1.86 bits per heavy atom. The summed E-state index contributed by atoms with van der Waals surface area (Å²) in [6.07, 6.45) is 2.38. The van der Waals surface area contributed by atoms with E-state index in [1.807, 2.05) is 0 Å². The molecule has 114 valence electrons. The zero-order chi connectivity index (χ0) is 15.1. The summed E-state index contributed by atoms with van der Waals surface area (Å²) in [4.78, 5) is 22.7. The molecule has 1 aromatic carbocycles. The Hall–Kier alpha value is -1.92. The van der Waals surface area contributed by atoms with Crippen molar-refractivity contribution in [3.8, 4) is 0 Å². The van der Waals surface area contributed by atoms with Crippen molar-refractivity contribution in [2.45, 2.75) is 25.9 Å². The number of carbonyl (C=O) groups excluding carboxylic acids is 2. The Morgan fingerprint density at radius 3 is 2.43 bits per heavy atom. The fourth-order valence-electron chi connectivity index (χ4n) is 2.20. The molecule has 0 bridgehead atoms. The number of benzene rings is 1. The first-order valence-corrected chi connectivity index (χ1v) is 7.13. The molecular weight excluding hydrogens is 270 g/mol. The molecule has 2 amide bonds. The minimum absolute atomic E-state index is 0.0970. The van der Waals surface area contributed by atoms with Gasteiger partial charge < -0.3 is 20.7 Å². The summed E-state index contributed by atoms with van der Waals surface area (Å²) in [5, 5.41) is 8.56. The van der Waals surface area contributed by atoms with E-state index in [9.17, 15) is 9.59 Å². The van der Waals surface area contributed by atoms with Crippen molar-refractivity contribution < 1.29 is 14.3 Å². The molecule has 1 unspecified atom stereocenters. The van der Waals surface area contributed by atoms with Gasteiger partial charge in [-0.3, -0.25) is 9.59 Å². The van der Waals surface area contributed by atoms with Crippen molar-refractivity contribution in [1.82, 2.24) is 5.32 Å². The molecule has 0 spiro atoms. The van der Waals surface area contributed by atoms with Crippen molar-refractivity contribution in [3.63, 3.8) is 0 Å². The maximum Gasteiger partial charge on any atom is 0.238 e. The highest BCUT2D eigenvalue weighted by Gasteiger charge is 2.15. The average Bonchev–Trinajstić information content (AvgIpc) is 2.93. The molecular formula is C15H21N3O3. The number of nitrogens with one attached hydrogen (secondary N) is 3. The van der Waals surface area contributed by atoms with Gasteiger partial charge in [-0.25, -0.2) is 0 Å². The standard InChI is InChI=1S/C15H21N3O3/c1-11(19)17-12-4-6-13(7-5-12)18-15(20)10-16-9-14-3-2-8-21-14/h4-7,14,16H,2-3,8-10H2,1H3,(H,17,19)(H,18,20). The smallest absolute Gasteiger partial charge is 0.238 e. The van der Waals surface area contributed by atoms with Gasteiger partial charge in [-0.1, -0.05) is 0 Å². The van der Waals surface area contributed by atoms with Crippen molar-refractivity contribution in [3.05, 3.63) is 24.3 Å². The van der Waals surface area contributed by atoms with E-state index in [1.54, 1.807) is 24.3 Å². The number of carbonyl (C=O) groups is 2. The van der Waals surface area contributed by atoms with Crippen LogP contribution in [0.5, 0.6) is 0 Å². The molecule has 1 aliphatic rings. The van der Waals surface area contributed by atoms with Gasteiger partial charge in [0.1, 0.15) is 0 Å². The monoisotopic (exact) mass is 291 g/mol. The van der Waals surface area contributed by atoms with Gasteiger partial charge in [0, 0.05) is 31.5 Å². The van der Waals surface area contributed by atoms with Crippen LogP contribution in [-0.2, 0) is 14.3 Å². The second kappa shape index (κ2) is 7.75. The summed E-state index contributed by atoms with van der Waals surface area (Å²) >= 11 is 0. The highest BCUT2D eigenvalue weighted by Crippen LogP contribution is 2.13. The topological polar surface area (TPSA) is 79.5 Å². The second-order valence-corrected chi connectivity index (χ2v) is 5.07. The molecule has 0 radical (unpaired) electrons. The Labute approximate surface area is 124 Å². The van der Waals surface area contributed by atoms with Crippen LogP contribution in [-0.4, -0.2) is 37.6 Å². The van der Waals surface area contributed by atoms with E-state index >= 15 is 0 Å². The van der Waals surface area contributed by atoms with Gasteiger partial charge in [0.25, 0.3) is 0 Å². The molecule has 21 heavy (non-hydrogen) atoms. The van der Waals surface area contributed by atoms with Crippen LogP contribution in [0.15, 0.2) is 24.3 Å². The molecule has 6 nitrogen and oxygen atoms in total. The van der Waals surface area contributed by atoms with E-state index in [0.29, 0.717) is 17.9 Å². The molecule has 1 aromatic rings. The fraction of sp³-hybridized carbons (Fsp3) is 0.467. The number of ether oxygens (including phenoxy) is 1. The van der Waals surface area contributed by atoms with Crippen LogP contribution in [0, 0.1) is 0 Å². The van der Waals surface area contributed by atoms with Gasteiger partial charge >= 0.3 is 0 Å². The van der Waals surface area contributed by atoms with Crippen LogP contribution in [0.25, 0.3) is 0 Å². The van der Waals surface area contributed by atoms with Crippen molar-refractivity contribution in [2.24, 2.45) is 0 Å². The van der Waals surface area contributed by atoms with Gasteiger partial charge in [0.05, 0.1) is 12.6 Å². The van der Waals surface area contributed by atoms with E-state index in [4.69, 9.17) is 4.74 Å². The van der Waals surface area contributed by atoms with Crippen LogP contribution in [0.3, 0.4) is 0 Å². The summed E-state index contributed by atoms with van der Waals surface area (Å²) in [7, 11) is 0. The normalized spacial score (nSPS) is 17.5. The van der Waals surface area contributed by atoms with Gasteiger partial charge in [-0.15, -0.1) is 0 Å². The largest absolute Gasteiger partial charge is 0.377 e. The van der Waals surface area contributed by atoms with E-state index in [-0.39, 0.29) is 24.5 Å². The molecule has 2 rings (SSSR count). The molecule has 1 fully saturated rings. The second-order valence-electron chi connectivity index (χ2n) is 5.07. The lowest BCUT2D eigenvalue weighted by molar-refractivity contribution is -0.115. The third kappa shape index (κ3) is 5.53. The number of hydrogen-bond donors (Lipinski definition) is 3. The van der Waals surface area contributed by atoms with Crippen LogP contribution >= 0.6 is 0 Å². The third-order valence-electron chi connectivity index (χ3n) is 3.17. The predicted octanol–water partition coefficient (Wildman–Crippen LogP) is 1.35. The number of rotatable bonds is 6. The van der Waals surface area contributed by atoms with E-state index in [1.165, 1.54) is 6.92 Å². The lowest BCUT2D eigenvalue weighted by Crippen LogP contribution is -2.33. The van der Waals surface area contributed by atoms with Gasteiger partial charge in [0.2, 0.25) is 11.8 Å². The molecule has 1 atom stereocenters. The van der Waals surface area contributed by atoms with Gasteiger partial charge in [-0.05, 0) is 37.1 Å². The van der Waals surface area contributed by atoms with E-state index in [2.05, 4.69) is 16.0 Å². The predicted molar refractivity (Wildman–Crippen MR) is 81.2 cm³/mol. The number of amides is 2. The van der Waals surface area contributed by atoms with Crippen molar-refractivity contribution >= 4 is 23.2 Å². The Morgan fingerprint density at radius 1 is 1.19 bits per heavy atom. The van der Waals surface area contributed by atoms with Crippen LogP contribution < -0.4 is 16.0 Å². The molecule has 0 saturated carbocycles. The molecule has 6 heteroatoms.